The van der Waals surface area contributed by atoms with Crippen LogP contribution in [0, 0.1) is 0 Å². The van der Waals surface area contributed by atoms with E-state index in [4.69, 9.17) is 4.74 Å². The zero-order valence-electron chi connectivity index (χ0n) is 17.1. The highest BCUT2D eigenvalue weighted by Crippen LogP contribution is 2.42. The summed E-state index contributed by atoms with van der Waals surface area (Å²) in [6.45, 7) is 1.85. The first-order valence-electron chi connectivity index (χ1n) is 9.81. The average Bonchev–Trinajstić information content (AvgIpc) is 2.67. The van der Waals surface area contributed by atoms with Gasteiger partial charge >= 0.3 is 0 Å². The normalized spacial score (nSPS) is 19.9. The molecule has 0 unspecified atom stereocenters. The molecule has 1 saturated carbocycles. The van der Waals surface area contributed by atoms with E-state index in [2.05, 4.69) is 31.1 Å². The number of methoxy groups -OCH3 is 1. The Morgan fingerprint density at radius 3 is 2.52 bits per heavy atom. The number of nitrogens with zero attached hydrogens (tertiary/aromatic N) is 2. The van der Waals surface area contributed by atoms with Gasteiger partial charge in [0.05, 0.1) is 12.9 Å². The van der Waals surface area contributed by atoms with Crippen LogP contribution in [-0.2, 0) is 4.79 Å². The lowest BCUT2D eigenvalue weighted by molar-refractivity contribution is -0.127. The van der Waals surface area contributed by atoms with Crippen molar-refractivity contribution >= 4 is 29.4 Å². The van der Waals surface area contributed by atoms with Crippen molar-refractivity contribution in [3.05, 3.63) is 24.3 Å². The Kier molecular flexibility index (Phi) is 9.87. The number of ether oxygens (including phenoxy) is 1. The molecule has 0 aromatic heterocycles. The number of para-hydroxylation sites is 1. The summed E-state index contributed by atoms with van der Waals surface area (Å²) in [5.41, 5.74) is 0. The van der Waals surface area contributed by atoms with Crippen molar-refractivity contribution < 1.29 is 9.53 Å². The maximum Gasteiger partial charge on any atom is 0.232 e. The second-order valence-electron chi connectivity index (χ2n) is 7.41. The number of thioether (sulfide) groups is 2. The maximum absolute atomic E-state index is 12.5. The van der Waals surface area contributed by atoms with Gasteiger partial charge in [-0.3, -0.25) is 4.79 Å². The molecule has 0 saturated heterocycles. The molecule has 0 heterocycles. The summed E-state index contributed by atoms with van der Waals surface area (Å²) in [4.78, 5) is 17.8. The first-order chi connectivity index (χ1) is 13.0. The Bertz CT molecular complexity index is 583. The first kappa shape index (κ1) is 22.4. The SMILES string of the molecule is COc1ccccc1S[C@@H]1CCCC[C@H]1SCC(=O)N(C)CCCN(C)C. The number of carbonyl (C=O) groups excluding carboxylic acids is 1. The van der Waals surface area contributed by atoms with E-state index >= 15 is 0 Å². The molecule has 0 radical (unpaired) electrons. The summed E-state index contributed by atoms with van der Waals surface area (Å²) < 4.78 is 5.51. The van der Waals surface area contributed by atoms with E-state index in [-0.39, 0.29) is 5.91 Å². The highest BCUT2D eigenvalue weighted by molar-refractivity contribution is 8.04. The van der Waals surface area contributed by atoms with Gasteiger partial charge in [-0.1, -0.05) is 25.0 Å². The summed E-state index contributed by atoms with van der Waals surface area (Å²) in [7, 11) is 7.80. The third-order valence-electron chi connectivity index (χ3n) is 4.93. The lowest BCUT2D eigenvalue weighted by Crippen LogP contribution is -2.33. The number of rotatable bonds is 10. The molecule has 1 aromatic carbocycles. The van der Waals surface area contributed by atoms with Gasteiger partial charge in [0.15, 0.2) is 0 Å². The van der Waals surface area contributed by atoms with E-state index in [9.17, 15) is 4.79 Å². The molecular weight excluding hydrogens is 376 g/mol. The zero-order valence-corrected chi connectivity index (χ0v) is 18.8. The Morgan fingerprint density at radius 1 is 1.11 bits per heavy atom. The first-order valence-corrected chi connectivity index (χ1v) is 11.7. The van der Waals surface area contributed by atoms with Gasteiger partial charge in [-0.2, -0.15) is 0 Å². The monoisotopic (exact) mass is 410 g/mol. The highest BCUT2D eigenvalue weighted by atomic mass is 32.2. The predicted octanol–water partition coefficient (Wildman–Crippen LogP) is 4.24. The Labute approximate surface area is 173 Å². The van der Waals surface area contributed by atoms with Crippen molar-refractivity contribution in [1.29, 1.82) is 0 Å². The summed E-state index contributed by atoms with van der Waals surface area (Å²) >= 11 is 3.78. The van der Waals surface area contributed by atoms with Crippen LogP contribution < -0.4 is 4.74 Å². The molecule has 4 nitrogen and oxygen atoms in total. The lowest BCUT2D eigenvalue weighted by Gasteiger charge is -2.31. The molecule has 1 aliphatic rings. The van der Waals surface area contributed by atoms with Crippen LogP contribution in [0.4, 0.5) is 0 Å². The van der Waals surface area contributed by atoms with Gasteiger partial charge < -0.3 is 14.5 Å². The number of benzene rings is 1. The van der Waals surface area contributed by atoms with E-state index in [1.165, 1.54) is 30.6 Å². The second kappa shape index (κ2) is 11.9. The average molecular weight is 411 g/mol. The fraction of sp³-hybridized carbons (Fsp3) is 0.667. The van der Waals surface area contributed by atoms with E-state index in [0.29, 0.717) is 16.3 Å². The van der Waals surface area contributed by atoms with Gasteiger partial charge in [-0.05, 0) is 52.0 Å². The number of hydrogen-bond donors (Lipinski definition) is 0. The molecule has 0 N–H and O–H groups in total. The van der Waals surface area contributed by atoms with Gasteiger partial charge in [0.1, 0.15) is 5.75 Å². The molecule has 6 heteroatoms. The van der Waals surface area contributed by atoms with Crippen molar-refractivity contribution in [2.24, 2.45) is 0 Å². The number of carbonyl (C=O) groups is 1. The van der Waals surface area contributed by atoms with Crippen molar-refractivity contribution in [2.75, 3.05) is 47.1 Å². The minimum atomic E-state index is 0.255. The Hall–Kier alpha value is -0.850. The van der Waals surface area contributed by atoms with E-state index in [1.807, 2.05) is 47.6 Å². The third-order valence-corrected chi connectivity index (χ3v) is 7.97. The fourth-order valence-electron chi connectivity index (χ4n) is 3.30. The quantitative estimate of drug-likeness (QED) is 0.576. The summed E-state index contributed by atoms with van der Waals surface area (Å²) in [5, 5.41) is 1.08. The molecule has 152 valence electrons. The molecule has 0 bridgehead atoms. The molecule has 0 spiro atoms. The largest absolute Gasteiger partial charge is 0.496 e. The van der Waals surface area contributed by atoms with E-state index in [0.717, 1.165) is 25.3 Å². The molecule has 1 aliphatic carbocycles. The van der Waals surface area contributed by atoms with Gasteiger partial charge in [0, 0.05) is 29.0 Å². The van der Waals surface area contributed by atoms with Crippen LogP contribution in [-0.4, -0.2) is 73.3 Å². The Balaban J connectivity index is 1.85. The van der Waals surface area contributed by atoms with Gasteiger partial charge in [0.2, 0.25) is 5.91 Å². The molecule has 1 amide bonds. The van der Waals surface area contributed by atoms with Crippen molar-refractivity contribution in [2.45, 2.75) is 47.5 Å². The molecule has 0 aliphatic heterocycles. The predicted molar refractivity (Wildman–Crippen MR) is 118 cm³/mol. The molecule has 1 aromatic rings. The minimum Gasteiger partial charge on any atom is -0.496 e. The van der Waals surface area contributed by atoms with Crippen molar-refractivity contribution in [3.63, 3.8) is 0 Å². The maximum atomic E-state index is 12.5. The van der Waals surface area contributed by atoms with Crippen LogP contribution in [0.15, 0.2) is 29.2 Å². The van der Waals surface area contributed by atoms with Crippen LogP contribution >= 0.6 is 23.5 Å². The summed E-state index contributed by atoms with van der Waals surface area (Å²) in [6, 6.07) is 8.26. The Morgan fingerprint density at radius 2 is 1.81 bits per heavy atom. The highest BCUT2D eigenvalue weighted by Gasteiger charge is 2.28. The van der Waals surface area contributed by atoms with Crippen molar-refractivity contribution in [1.82, 2.24) is 9.80 Å². The molecule has 2 rings (SSSR count). The molecule has 27 heavy (non-hydrogen) atoms. The van der Waals surface area contributed by atoms with Crippen LogP contribution in [0.1, 0.15) is 32.1 Å². The third kappa shape index (κ3) is 7.59. The molecule has 1 fully saturated rings. The van der Waals surface area contributed by atoms with Crippen LogP contribution in [0.2, 0.25) is 0 Å². The second-order valence-corrected chi connectivity index (χ2v) is 9.92. The zero-order chi connectivity index (χ0) is 19.6. The lowest BCUT2D eigenvalue weighted by atomic mass is 10.00. The fourth-order valence-corrected chi connectivity index (χ4v) is 6.29. The number of amides is 1. The molecular formula is C21H34N2O2S2. The van der Waals surface area contributed by atoms with E-state index < -0.39 is 0 Å². The van der Waals surface area contributed by atoms with Gasteiger partial charge in [-0.25, -0.2) is 0 Å². The summed E-state index contributed by atoms with van der Waals surface area (Å²) in [5.74, 6) is 1.80. The van der Waals surface area contributed by atoms with Gasteiger partial charge in [0.25, 0.3) is 0 Å². The number of hydrogen-bond acceptors (Lipinski definition) is 5. The topological polar surface area (TPSA) is 32.8 Å². The minimum absolute atomic E-state index is 0.255. The molecule has 2 atom stereocenters. The van der Waals surface area contributed by atoms with Crippen LogP contribution in [0.25, 0.3) is 0 Å². The van der Waals surface area contributed by atoms with Gasteiger partial charge in [-0.15, -0.1) is 23.5 Å². The van der Waals surface area contributed by atoms with Crippen LogP contribution in [0.5, 0.6) is 5.75 Å². The van der Waals surface area contributed by atoms with Crippen LogP contribution in [0.3, 0.4) is 0 Å². The standard InChI is InChI=1S/C21H34N2O2S2/c1-22(2)14-9-15-23(3)21(24)16-26-19-12-7-8-13-20(19)27-18-11-6-5-10-17(18)25-4/h5-6,10-11,19-20H,7-9,12-16H2,1-4H3/t19-,20-/m1/s1. The van der Waals surface area contributed by atoms with Crippen molar-refractivity contribution in [3.8, 4) is 5.75 Å². The van der Waals surface area contributed by atoms with E-state index in [1.54, 1.807) is 7.11 Å². The smallest absolute Gasteiger partial charge is 0.232 e. The summed E-state index contributed by atoms with van der Waals surface area (Å²) in [6.07, 6.45) is 5.99.